The Hall–Kier alpha value is -2.41. The molecule has 1 fully saturated rings. The average Bonchev–Trinajstić information content (AvgIpc) is 2.90. The van der Waals surface area contributed by atoms with E-state index in [2.05, 4.69) is 15.7 Å². The van der Waals surface area contributed by atoms with Crippen molar-refractivity contribution in [3.63, 3.8) is 0 Å². The molecule has 0 radical (unpaired) electrons. The topological polar surface area (TPSA) is 79.2 Å². The zero-order chi connectivity index (χ0) is 17.1. The molecule has 1 aliphatic rings. The molecule has 1 heterocycles. The Bertz CT molecular complexity index is 714. The minimum atomic E-state index is -0.497. The van der Waals surface area contributed by atoms with Crippen LogP contribution in [0.2, 0.25) is 0 Å². The lowest BCUT2D eigenvalue weighted by atomic mass is 9.93. The van der Waals surface area contributed by atoms with Crippen LogP contribution in [-0.4, -0.2) is 33.1 Å². The van der Waals surface area contributed by atoms with E-state index in [1.165, 1.54) is 12.1 Å². The Morgan fingerprint density at radius 2 is 2.00 bits per heavy atom. The van der Waals surface area contributed by atoms with Gasteiger partial charge in [0.1, 0.15) is 5.82 Å². The van der Waals surface area contributed by atoms with Crippen molar-refractivity contribution in [1.82, 2.24) is 15.1 Å². The van der Waals surface area contributed by atoms with Gasteiger partial charge in [0.05, 0.1) is 17.8 Å². The standard InChI is InChI=1S/C17H21FN4O2/c1-11-10-16(21-22(11)13-8-6-12(18)7-9-13)20-17(24)19-14-4-2-3-5-15(14)23/h6-10,14-15,23H,2-5H2,1H3,(H2,19,20,21,24). The number of amides is 2. The number of aromatic nitrogens is 2. The Balaban J connectivity index is 1.66. The van der Waals surface area contributed by atoms with E-state index < -0.39 is 6.10 Å². The fraction of sp³-hybridized carbons (Fsp3) is 0.412. The molecule has 0 saturated heterocycles. The van der Waals surface area contributed by atoms with Crippen molar-refractivity contribution in [2.45, 2.75) is 44.8 Å². The third kappa shape index (κ3) is 3.73. The first kappa shape index (κ1) is 16.4. The number of carbonyl (C=O) groups is 1. The highest BCUT2D eigenvalue weighted by molar-refractivity contribution is 5.88. The van der Waals surface area contributed by atoms with Crippen LogP contribution in [0.3, 0.4) is 0 Å². The second-order valence-corrected chi connectivity index (χ2v) is 6.12. The van der Waals surface area contributed by atoms with Crippen LogP contribution in [-0.2, 0) is 0 Å². The Morgan fingerprint density at radius 1 is 1.29 bits per heavy atom. The van der Waals surface area contributed by atoms with Gasteiger partial charge in [-0.1, -0.05) is 12.8 Å². The van der Waals surface area contributed by atoms with Gasteiger partial charge in [-0.3, -0.25) is 5.32 Å². The molecule has 1 aliphatic carbocycles. The molecule has 2 amide bonds. The van der Waals surface area contributed by atoms with Crippen molar-refractivity contribution < 1.29 is 14.3 Å². The molecule has 2 aromatic rings. The van der Waals surface area contributed by atoms with E-state index in [4.69, 9.17) is 0 Å². The fourth-order valence-corrected chi connectivity index (χ4v) is 2.98. The van der Waals surface area contributed by atoms with E-state index in [1.807, 2.05) is 6.92 Å². The lowest BCUT2D eigenvalue weighted by Gasteiger charge is -2.28. The van der Waals surface area contributed by atoms with Crippen molar-refractivity contribution in [2.24, 2.45) is 0 Å². The summed E-state index contributed by atoms with van der Waals surface area (Å²) in [7, 11) is 0. The summed E-state index contributed by atoms with van der Waals surface area (Å²) in [6, 6.07) is 7.10. The maximum atomic E-state index is 13.0. The molecule has 3 rings (SSSR count). The summed E-state index contributed by atoms with van der Waals surface area (Å²) in [6.07, 6.45) is 2.98. The molecule has 7 heteroatoms. The van der Waals surface area contributed by atoms with Crippen LogP contribution >= 0.6 is 0 Å². The van der Waals surface area contributed by atoms with Crippen LogP contribution in [0.1, 0.15) is 31.4 Å². The molecule has 0 spiro atoms. The molecule has 2 atom stereocenters. The minimum absolute atomic E-state index is 0.223. The number of aryl methyl sites for hydroxylation is 1. The van der Waals surface area contributed by atoms with Crippen molar-refractivity contribution >= 4 is 11.8 Å². The summed E-state index contributed by atoms with van der Waals surface area (Å²) in [5.41, 5.74) is 1.53. The molecule has 6 nitrogen and oxygen atoms in total. The van der Waals surface area contributed by atoms with E-state index in [1.54, 1.807) is 22.9 Å². The quantitative estimate of drug-likeness (QED) is 0.808. The lowest BCUT2D eigenvalue weighted by molar-refractivity contribution is 0.0955. The smallest absolute Gasteiger partial charge is 0.320 e. The number of nitrogens with zero attached hydrogens (tertiary/aromatic N) is 2. The summed E-state index contributed by atoms with van der Waals surface area (Å²) in [5.74, 6) is 0.0898. The van der Waals surface area contributed by atoms with E-state index in [-0.39, 0.29) is 17.9 Å². The third-order valence-electron chi connectivity index (χ3n) is 4.25. The van der Waals surface area contributed by atoms with Gasteiger partial charge in [0.25, 0.3) is 0 Å². The fourth-order valence-electron chi connectivity index (χ4n) is 2.98. The van der Waals surface area contributed by atoms with Crippen molar-refractivity contribution in [3.8, 4) is 5.69 Å². The van der Waals surface area contributed by atoms with Gasteiger partial charge in [0, 0.05) is 11.8 Å². The monoisotopic (exact) mass is 332 g/mol. The van der Waals surface area contributed by atoms with Crippen molar-refractivity contribution in [1.29, 1.82) is 0 Å². The Morgan fingerprint density at radius 3 is 2.71 bits per heavy atom. The van der Waals surface area contributed by atoms with E-state index >= 15 is 0 Å². The summed E-state index contributed by atoms with van der Waals surface area (Å²) in [4.78, 5) is 12.1. The van der Waals surface area contributed by atoms with Gasteiger partial charge in [0.15, 0.2) is 5.82 Å². The predicted molar refractivity (Wildman–Crippen MR) is 88.7 cm³/mol. The largest absolute Gasteiger partial charge is 0.391 e. The van der Waals surface area contributed by atoms with Gasteiger partial charge in [-0.25, -0.2) is 13.9 Å². The molecule has 2 unspecified atom stereocenters. The normalized spacial score (nSPS) is 20.6. The number of aliphatic hydroxyl groups excluding tert-OH is 1. The minimum Gasteiger partial charge on any atom is -0.391 e. The zero-order valence-electron chi connectivity index (χ0n) is 13.5. The highest BCUT2D eigenvalue weighted by atomic mass is 19.1. The molecular formula is C17H21FN4O2. The molecule has 24 heavy (non-hydrogen) atoms. The van der Waals surface area contributed by atoms with Gasteiger partial charge >= 0.3 is 6.03 Å². The number of hydrogen-bond acceptors (Lipinski definition) is 3. The summed E-state index contributed by atoms with van der Waals surface area (Å²) < 4.78 is 14.6. The summed E-state index contributed by atoms with van der Waals surface area (Å²) >= 11 is 0. The third-order valence-corrected chi connectivity index (χ3v) is 4.25. The average molecular weight is 332 g/mol. The predicted octanol–water partition coefficient (Wildman–Crippen LogP) is 2.74. The maximum absolute atomic E-state index is 13.0. The first-order valence-corrected chi connectivity index (χ1v) is 8.11. The lowest BCUT2D eigenvalue weighted by Crippen LogP contribution is -2.46. The first-order chi connectivity index (χ1) is 11.5. The number of hydrogen-bond donors (Lipinski definition) is 3. The highest BCUT2D eigenvalue weighted by Crippen LogP contribution is 2.19. The van der Waals surface area contributed by atoms with E-state index in [0.717, 1.165) is 25.0 Å². The number of aliphatic hydroxyl groups is 1. The Kier molecular flexibility index (Phi) is 4.80. The van der Waals surface area contributed by atoms with Crippen LogP contribution in [0, 0.1) is 12.7 Å². The zero-order valence-corrected chi connectivity index (χ0v) is 13.5. The molecule has 1 aromatic carbocycles. The van der Waals surface area contributed by atoms with Gasteiger partial charge in [-0.2, -0.15) is 0 Å². The molecule has 1 aromatic heterocycles. The van der Waals surface area contributed by atoms with Crippen LogP contribution in [0.4, 0.5) is 15.0 Å². The molecule has 0 aliphatic heterocycles. The van der Waals surface area contributed by atoms with Gasteiger partial charge in [-0.05, 0) is 44.0 Å². The number of carbonyl (C=O) groups excluding carboxylic acids is 1. The molecule has 128 valence electrons. The number of benzene rings is 1. The van der Waals surface area contributed by atoms with Gasteiger partial charge in [-0.15, -0.1) is 5.10 Å². The van der Waals surface area contributed by atoms with Gasteiger partial charge in [0.2, 0.25) is 0 Å². The Labute approximate surface area is 139 Å². The number of halogens is 1. The molecule has 3 N–H and O–H groups in total. The van der Waals surface area contributed by atoms with Crippen molar-refractivity contribution in [3.05, 3.63) is 41.8 Å². The second kappa shape index (κ2) is 7.00. The first-order valence-electron chi connectivity index (χ1n) is 8.11. The van der Waals surface area contributed by atoms with Crippen LogP contribution in [0.15, 0.2) is 30.3 Å². The molecular weight excluding hydrogens is 311 g/mol. The van der Waals surface area contributed by atoms with Gasteiger partial charge < -0.3 is 10.4 Å². The van der Waals surface area contributed by atoms with Crippen LogP contribution in [0.5, 0.6) is 0 Å². The summed E-state index contributed by atoms with van der Waals surface area (Å²) in [6.45, 7) is 1.85. The SMILES string of the molecule is Cc1cc(NC(=O)NC2CCCCC2O)nn1-c1ccc(F)cc1. The second-order valence-electron chi connectivity index (χ2n) is 6.12. The van der Waals surface area contributed by atoms with E-state index in [0.29, 0.717) is 17.9 Å². The van der Waals surface area contributed by atoms with Crippen LogP contribution in [0.25, 0.3) is 5.69 Å². The molecule has 0 bridgehead atoms. The maximum Gasteiger partial charge on any atom is 0.320 e. The van der Waals surface area contributed by atoms with Crippen molar-refractivity contribution in [2.75, 3.05) is 5.32 Å². The number of rotatable bonds is 3. The number of urea groups is 1. The number of anilines is 1. The highest BCUT2D eigenvalue weighted by Gasteiger charge is 2.24. The summed E-state index contributed by atoms with van der Waals surface area (Å²) in [5, 5.41) is 19.7. The molecule has 1 saturated carbocycles. The van der Waals surface area contributed by atoms with E-state index in [9.17, 15) is 14.3 Å². The van der Waals surface area contributed by atoms with Crippen LogP contribution < -0.4 is 10.6 Å². The number of nitrogens with one attached hydrogen (secondary N) is 2.